The van der Waals surface area contributed by atoms with Gasteiger partial charge in [0, 0.05) is 0 Å². The second kappa shape index (κ2) is 11.5. The van der Waals surface area contributed by atoms with Gasteiger partial charge in [-0.1, -0.05) is 13.8 Å². The summed E-state index contributed by atoms with van der Waals surface area (Å²) in [5.74, 6) is -6.07. The molecule has 0 saturated carbocycles. The molecular weight excluding hydrogens is 376 g/mol. The quantitative estimate of drug-likeness (QED) is 0.169. The third kappa shape index (κ3) is 9.47. The molecule has 0 aliphatic heterocycles. The zero-order valence-corrected chi connectivity index (χ0v) is 15.6. The second-order valence-corrected chi connectivity index (χ2v) is 6.35. The molecule has 13 nitrogen and oxygen atoms in total. The molecule has 0 saturated heterocycles. The molecule has 0 heterocycles. The summed E-state index contributed by atoms with van der Waals surface area (Å²) in [4.78, 5) is 69.1. The van der Waals surface area contributed by atoms with Crippen LogP contribution < -0.4 is 33.2 Å². The van der Waals surface area contributed by atoms with Crippen LogP contribution in [-0.2, 0) is 28.8 Å². The molecule has 0 aliphatic carbocycles. The molecule has 0 rings (SSSR count). The van der Waals surface area contributed by atoms with Gasteiger partial charge in [0.1, 0.15) is 12.1 Å². The molecule has 0 aromatic rings. The van der Waals surface area contributed by atoms with E-state index in [4.69, 9.17) is 22.3 Å². The molecule has 0 fully saturated rings. The number of nitrogens with one attached hydrogen (secondary N) is 3. The number of carboxylic acids is 1. The largest absolute Gasteiger partial charge is 0.481 e. The highest BCUT2D eigenvalue weighted by atomic mass is 16.4. The summed E-state index contributed by atoms with van der Waals surface area (Å²) in [6.07, 6.45) is -1.20. The van der Waals surface area contributed by atoms with Gasteiger partial charge >= 0.3 is 5.97 Å². The zero-order valence-electron chi connectivity index (χ0n) is 15.6. The van der Waals surface area contributed by atoms with Gasteiger partial charge in [0.05, 0.1) is 25.4 Å². The Labute approximate surface area is 160 Å². The summed E-state index contributed by atoms with van der Waals surface area (Å²) in [6.45, 7) is 2.66. The Morgan fingerprint density at radius 1 is 0.857 bits per heavy atom. The lowest BCUT2D eigenvalue weighted by Gasteiger charge is -2.25. The highest BCUT2D eigenvalue weighted by molar-refractivity contribution is 5.96. The van der Waals surface area contributed by atoms with Gasteiger partial charge in [-0.3, -0.25) is 28.8 Å². The molecule has 0 unspecified atom stereocenters. The Morgan fingerprint density at radius 3 is 1.86 bits per heavy atom. The van der Waals surface area contributed by atoms with Crippen LogP contribution in [0, 0.1) is 5.92 Å². The van der Waals surface area contributed by atoms with E-state index < -0.39 is 78.9 Å². The number of hydrogen-bond acceptors (Lipinski definition) is 7. The molecule has 158 valence electrons. The molecule has 0 aromatic carbocycles. The van der Waals surface area contributed by atoms with Gasteiger partial charge in [-0.25, -0.2) is 0 Å². The average Bonchev–Trinajstić information content (AvgIpc) is 2.54. The fraction of sp³-hybridized carbons (Fsp3) is 0.600. The molecule has 28 heavy (non-hydrogen) atoms. The topological polar surface area (TPSA) is 237 Å². The predicted molar refractivity (Wildman–Crippen MR) is 94.9 cm³/mol. The first-order valence-corrected chi connectivity index (χ1v) is 8.27. The number of amides is 5. The summed E-state index contributed by atoms with van der Waals surface area (Å²) in [5.41, 5.74) is 15.4. The number of rotatable bonds is 12. The molecular formula is C15H26N6O7. The molecule has 0 bridgehead atoms. The predicted octanol–water partition coefficient (Wildman–Crippen LogP) is -4.11. The van der Waals surface area contributed by atoms with Gasteiger partial charge in [0.15, 0.2) is 0 Å². The standard InChI is InChI=1S/C15H26N6O7/c1-6(2)12(21-13(26)7(16)3-11(24)25)15(28)20-8(4-9(17)22)14(27)19-5-10(18)23/h6-8,12H,3-5,16H2,1-2H3,(H2,17,22)(H2,18,23)(H,19,27)(H,20,28)(H,21,26)(H,24,25)/t7-,8-,12-/m0/s1. The maximum atomic E-state index is 12.5. The number of primary amides is 2. The van der Waals surface area contributed by atoms with Crippen LogP contribution in [0.4, 0.5) is 0 Å². The van der Waals surface area contributed by atoms with E-state index in [1.807, 2.05) is 0 Å². The van der Waals surface area contributed by atoms with Crippen molar-refractivity contribution in [2.75, 3.05) is 6.54 Å². The van der Waals surface area contributed by atoms with Crippen molar-refractivity contribution in [3.8, 4) is 0 Å². The van der Waals surface area contributed by atoms with E-state index in [2.05, 4.69) is 16.0 Å². The van der Waals surface area contributed by atoms with Crippen LogP contribution >= 0.6 is 0 Å². The first-order chi connectivity index (χ1) is 12.8. The minimum atomic E-state index is -1.41. The Hall–Kier alpha value is -3.22. The van der Waals surface area contributed by atoms with E-state index >= 15 is 0 Å². The number of hydrogen-bond donors (Lipinski definition) is 7. The maximum Gasteiger partial charge on any atom is 0.305 e. The SMILES string of the molecule is CC(C)[C@H](NC(=O)[C@@H](N)CC(=O)O)C(=O)N[C@@H](CC(N)=O)C(=O)NCC(N)=O. The van der Waals surface area contributed by atoms with Gasteiger partial charge < -0.3 is 38.3 Å². The van der Waals surface area contributed by atoms with E-state index in [1.54, 1.807) is 13.8 Å². The second-order valence-electron chi connectivity index (χ2n) is 6.35. The van der Waals surface area contributed by atoms with Crippen molar-refractivity contribution in [1.82, 2.24) is 16.0 Å². The van der Waals surface area contributed by atoms with Gasteiger partial charge in [-0.15, -0.1) is 0 Å². The third-order valence-corrected chi connectivity index (χ3v) is 3.45. The van der Waals surface area contributed by atoms with Crippen molar-refractivity contribution in [3.63, 3.8) is 0 Å². The Bertz CT molecular complexity index is 636. The first kappa shape index (κ1) is 24.8. The molecule has 0 spiro atoms. The lowest BCUT2D eigenvalue weighted by atomic mass is 10.0. The van der Waals surface area contributed by atoms with Crippen LogP contribution in [-0.4, -0.2) is 65.3 Å². The highest BCUT2D eigenvalue weighted by Gasteiger charge is 2.31. The maximum absolute atomic E-state index is 12.5. The van der Waals surface area contributed by atoms with Crippen molar-refractivity contribution in [2.45, 2.75) is 44.8 Å². The molecule has 0 aliphatic rings. The van der Waals surface area contributed by atoms with Gasteiger partial charge in [-0.2, -0.15) is 0 Å². The monoisotopic (exact) mass is 402 g/mol. The molecule has 13 heteroatoms. The fourth-order valence-corrected chi connectivity index (χ4v) is 2.05. The van der Waals surface area contributed by atoms with E-state index in [9.17, 15) is 28.8 Å². The van der Waals surface area contributed by atoms with E-state index in [0.29, 0.717) is 0 Å². The molecule has 3 atom stereocenters. The van der Waals surface area contributed by atoms with E-state index in [1.165, 1.54) is 0 Å². The summed E-state index contributed by atoms with van der Waals surface area (Å²) in [6, 6.07) is -3.96. The summed E-state index contributed by atoms with van der Waals surface area (Å²) >= 11 is 0. The minimum absolute atomic E-state index is 0.469. The van der Waals surface area contributed by atoms with Crippen LogP contribution in [0.2, 0.25) is 0 Å². The van der Waals surface area contributed by atoms with Gasteiger partial charge in [0.2, 0.25) is 29.5 Å². The number of carbonyl (C=O) groups is 6. The van der Waals surface area contributed by atoms with Crippen LogP contribution in [0.15, 0.2) is 0 Å². The Kier molecular flexibility index (Phi) is 10.2. The number of carbonyl (C=O) groups excluding carboxylic acids is 5. The van der Waals surface area contributed by atoms with Crippen LogP contribution in [0.25, 0.3) is 0 Å². The number of aliphatic carboxylic acids is 1. The Balaban J connectivity index is 5.20. The highest BCUT2D eigenvalue weighted by Crippen LogP contribution is 2.05. The van der Waals surface area contributed by atoms with Crippen molar-refractivity contribution in [3.05, 3.63) is 0 Å². The van der Waals surface area contributed by atoms with Crippen LogP contribution in [0.1, 0.15) is 26.7 Å². The normalized spacial score (nSPS) is 13.7. The molecule has 0 aromatic heterocycles. The van der Waals surface area contributed by atoms with Gasteiger partial charge in [0.25, 0.3) is 0 Å². The zero-order chi connectivity index (χ0) is 22.0. The smallest absolute Gasteiger partial charge is 0.305 e. The fourth-order valence-electron chi connectivity index (χ4n) is 2.05. The average molecular weight is 402 g/mol. The number of nitrogens with two attached hydrogens (primary N) is 3. The third-order valence-electron chi connectivity index (χ3n) is 3.45. The van der Waals surface area contributed by atoms with E-state index in [0.717, 1.165) is 0 Å². The van der Waals surface area contributed by atoms with Crippen molar-refractivity contribution in [1.29, 1.82) is 0 Å². The molecule has 10 N–H and O–H groups in total. The Morgan fingerprint density at radius 2 is 1.43 bits per heavy atom. The minimum Gasteiger partial charge on any atom is -0.481 e. The summed E-state index contributed by atoms with van der Waals surface area (Å²) in [7, 11) is 0. The first-order valence-electron chi connectivity index (χ1n) is 8.27. The molecule has 5 amide bonds. The number of carboxylic acid groups (broad SMARTS) is 1. The lowest BCUT2D eigenvalue weighted by molar-refractivity contribution is -0.140. The van der Waals surface area contributed by atoms with Crippen LogP contribution in [0.3, 0.4) is 0 Å². The van der Waals surface area contributed by atoms with Gasteiger partial charge in [-0.05, 0) is 5.92 Å². The molecule has 0 radical (unpaired) electrons. The van der Waals surface area contributed by atoms with Crippen molar-refractivity contribution >= 4 is 35.5 Å². The van der Waals surface area contributed by atoms with Crippen LogP contribution in [0.5, 0.6) is 0 Å². The summed E-state index contributed by atoms with van der Waals surface area (Å²) in [5, 5.41) is 15.4. The van der Waals surface area contributed by atoms with Crippen molar-refractivity contribution in [2.24, 2.45) is 23.1 Å². The summed E-state index contributed by atoms with van der Waals surface area (Å²) < 4.78 is 0. The van der Waals surface area contributed by atoms with Crippen molar-refractivity contribution < 1.29 is 33.9 Å². The lowest BCUT2D eigenvalue weighted by Crippen LogP contribution is -2.58. The van der Waals surface area contributed by atoms with E-state index in [-0.39, 0.29) is 0 Å².